The molecular weight excluding hydrogens is 362 g/mol. The summed E-state index contributed by atoms with van der Waals surface area (Å²) in [6, 6.07) is 26.6. The molecule has 1 nitrogen and oxygen atoms in total. The molecule has 28 heavy (non-hydrogen) atoms. The van der Waals surface area contributed by atoms with Gasteiger partial charge in [-0.05, 0) is 63.9 Å². The molecule has 7 rings (SSSR count). The summed E-state index contributed by atoms with van der Waals surface area (Å²) in [7, 11) is 0. The maximum Gasteiger partial charge on any atom is 0.0544 e. The summed E-state index contributed by atoms with van der Waals surface area (Å²) < 4.78 is 2.49. The van der Waals surface area contributed by atoms with E-state index >= 15 is 0 Å². The molecule has 0 saturated heterocycles. The molecule has 0 fully saturated rings. The van der Waals surface area contributed by atoms with E-state index in [-0.39, 0.29) is 0 Å². The Morgan fingerprint density at radius 3 is 2.18 bits per heavy atom. The third-order valence-corrected chi connectivity index (χ3v) is 6.72. The van der Waals surface area contributed by atoms with Crippen LogP contribution < -0.4 is 0 Å². The van der Waals surface area contributed by atoms with Crippen LogP contribution >= 0.6 is 11.6 Å². The molecule has 1 atom stereocenters. The Balaban J connectivity index is 1.68. The van der Waals surface area contributed by atoms with Crippen molar-refractivity contribution < 1.29 is 0 Å². The third-order valence-electron chi connectivity index (χ3n) is 6.45. The molecular formula is C26H16ClN. The van der Waals surface area contributed by atoms with Crippen molar-refractivity contribution in [3.8, 4) is 5.69 Å². The lowest BCUT2D eigenvalue weighted by Crippen LogP contribution is -2.03. The zero-order chi connectivity index (χ0) is 18.4. The van der Waals surface area contributed by atoms with Crippen LogP contribution in [0.25, 0.3) is 44.2 Å². The molecule has 1 aliphatic carbocycles. The number of aromatic nitrogens is 1. The van der Waals surface area contributed by atoms with Gasteiger partial charge >= 0.3 is 0 Å². The highest BCUT2D eigenvalue weighted by atomic mass is 35.5. The SMILES string of the molecule is ClC1=Cc2c3n(c4cc5ccccc5cc24)-c2cc4ccccc4cc2[C@@H]3C1. The van der Waals surface area contributed by atoms with E-state index in [1.165, 1.54) is 55.0 Å². The fourth-order valence-electron chi connectivity index (χ4n) is 5.26. The fraction of sp³-hybridized carbons (Fsp3) is 0.0769. The average molecular weight is 378 g/mol. The van der Waals surface area contributed by atoms with Gasteiger partial charge in [0.15, 0.2) is 0 Å². The van der Waals surface area contributed by atoms with Crippen LogP contribution in [0.3, 0.4) is 0 Å². The Bertz CT molecular complexity index is 1500. The first-order valence-corrected chi connectivity index (χ1v) is 10.1. The van der Waals surface area contributed by atoms with Crippen molar-refractivity contribution in [3.63, 3.8) is 0 Å². The van der Waals surface area contributed by atoms with Gasteiger partial charge in [0, 0.05) is 27.6 Å². The molecule has 2 heteroatoms. The molecule has 0 bridgehead atoms. The molecule has 0 amide bonds. The van der Waals surface area contributed by atoms with Crippen LogP contribution in [-0.4, -0.2) is 4.57 Å². The Hall–Kier alpha value is -3.03. The minimum absolute atomic E-state index is 0.336. The van der Waals surface area contributed by atoms with Crippen molar-refractivity contribution in [2.45, 2.75) is 12.3 Å². The lowest BCUT2D eigenvalue weighted by Gasteiger charge is -2.17. The van der Waals surface area contributed by atoms with E-state index in [4.69, 9.17) is 11.6 Å². The van der Waals surface area contributed by atoms with E-state index < -0.39 is 0 Å². The van der Waals surface area contributed by atoms with Crippen LogP contribution in [-0.2, 0) is 0 Å². The van der Waals surface area contributed by atoms with Gasteiger partial charge in [-0.1, -0.05) is 60.1 Å². The molecule has 2 heterocycles. The second-order valence-electron chi connectivity index (χ2n) is 7.96. The van der Waals surface area contributed by atoms with Crippen molar-refractivity contribution in [3.05, 3.63) is 94.6 Å². The molecule has 132 valence electrons. The first kappa shape index (κ1) is 15.0. The summed E-state index contributed by atoms with van der Waals surface area (Å²) in [6.45, 7) is 0. The zero-order valence-corrected chi connectivity index (χ0v) is 15.9. The number of benzene rings is 4. The molecule has 0 saturated carbocycles. The maximum absolute atomic E-state index is 6.65. The van der Waals surface area contributed by atoms with Gasteiger partial charge < -0.3 is 4.57 Å². The van der Waals surface area contributed by atoms with Crippen LogP contribution in [0.4, 0.5) is 0 Å². The summed E-state index contributed by atoms with van der Waals surface area (Å²) >= 11 is 6.65. The Labute approximate surface area is 167 Å². The van der Waals surface area contributed by atoms with Crippen molar-refractivity contribution in [1.29, 1.82) is 0 Å². The predicted molar refractivity (Wildman–Crippen MR) is 119 cm³/mol. The van der Waals surface area contributed by atoms with Crippen molar-refractivity contribution in [2.24, 2.45) is 0 Å². The summed E-state index contributed by atoms with van der Waals surface area (Å²) in [4.78, 5) is 0. The van der Waals surface area contributed by atoms with Gasteiger partial charge in [0.05, 0.1) is 11.2 Å². The monoisotopic (exact) mass is 377 g/mol. The smallest absolute Gasteiger partial charge is 0.0544 e. The summed E-state index contributed by atoms with van der Waals surface area (Å²) in [6.07, 6.45) is 3.07. The highest BCUT2D eigenvalue weighted by Gasteiger charge is 2.36. The van der Waals surface area contributed by atoms with E-state index in [2.05, 4.69) is 83.4 Å². The topological polar surface area (TPSA) is 4.93 Å². The van der Waals surface area contributed by atoms with Crippen LogP contribution in [0, 0.1) is 0 Å². The van der Waals surface area contributed by atoms with Crippen molar-refractivity contribution in [2.75, 3.05) is 0 Å². The zero-order valence-electron chi connectivity index (χ0n) is 15.1. The Kier molecular flexibility index (Phi) is 2.71. The molecule has 5 aromatic rings. The van der Waals surface area contributed by atoms with Gasteiger partial charge in [0.1, 0.15) is 0 Å². The standard InChI is InChI=1S/C26H16ClN/c27-19-13-22-20-9-15-5-1-3-7-17(15)11-24(20)28-25-12-18-8-4-2-6-16(18)10-21(25)23(14-19)26(22)28/h1-13,23H,14H2/t23-/m0/s1. The number of allylic oxidation sites excluding steroid dienone is 1. The lowest BCUT2D eigenvalue weighted by molar-refractivity contribution is 0.811. The Morgan fingerprint density at radius 1 is 0.786 bits per heavy atom. The molecule has 0 spiro atoms. The molecule has 4 aromatic carbocycles. The van der Waals surface area contributed by atoms with Crippen molar-refractivity contribution >= 4 is 50.1 Å². The Morgan fingerprint density at radius 2 is 1.43 bits per heavy atom. The van der Waals surface area contributed by atoms with Gasteiger partial charge in [-0.3, -0.25) is 0 Å². The van der Waals surface area contributed by atoms with Gasteiger partial charge in [0.2, 0.25) is 0 Å². The first-order chi connectivity index (χ1) is 13.8. The maximum atomic E-state index is 6.65. The van der Waals surface area contributed by atoms with Gasteiger partial charge in [-0.25, -0.2) is 0 Å². The number of hydrogen-bond acceptors (Lipinski definition) is 0. The van der Waals surface area contributed by atoms with Crippen LogP contribution in [0.2, 0.25) is 0 Å². The summed E-state index contributed by atoms with van der Waals surface area (Å²) in [5.41, 5.74) is 6.69. The molecule has 1 aromatic heterocycles. The van der Waals surface area contributed by atoms with E-state index in [0.717, 1.165) is 11.5 Å². The second kappa shape index (κ2) is 5.06. The molecule has 0 radical (unpaired) electrons. The number of halogens is 1. The van der Waals surface area contributed by atoms with Gasteiger partial charge in [-0.15, -0.1) is 0 Å². The van der Waals surface area contributed by atoms with E-state index in [1.54, 1.807) is 0 Å². The first-order valence-electron chi connectivity index (χ1n) is 9.74. The third kappa shape index (κ3) is 1.78. The van der Waals surface area contributed by atoms with Crippen molar-refractivity contribution in [1.82, 2.24) is 4.57 Å². The molecule has 2 aliphatic rings. The predicted octanol–water partition coefficient (Wildman–Crippen LogP) is 7.37. The lowest BCUT2D eigenvalue weighted by atomic mass is 9.86. The fourth-order valence-corrected chi connectivity index (χ4v) is 5.52. The number of rotatable bonds is 0. The summed E-state index contributed by atoms with van der Waals surface area (Å²) in [5.74, 6) is 0.336. The van der Waals surface area contributed by atoms with Crippen LogP contribution in [0.1, 0.15) is 29.2 Å². The minimum atomic E-state index is 0.336. The summed E-state index contributed by atoms with van der Waals surface area (Å²) in [5, 5.41) is 7.40. The van der Waals surface area contributed by atoms with Gasteiger partial charge in [-0.2, -0.15) is 0 Å². The van der Waals surface area contributed by atoms with E-state index in [1.807, 2.05) is 0 Å². The largest absolute Gasteiger partial charge is 0.312 e. The quantitative estimate of drug-likeness (QED) is 0.265. The molecule has 0 N–H and O–H groups in total. The number of nitrogens with zero attached hydrogens (tertiary/aromatic N) is 1. The molecule has 0 unspecified atom stereocenters. The average Bonchev–Trinajstić information content (AvgIpc) is 3.20. The van der Waals surface area contributed by atoms with Crippen LogP contribution in [0.15, 0.2) is 77.8 Å². The van der Waals surface area contributed by atoms with Gasteiger partial charge in [0.25, 0.3) is 0 Å². The second-order valence-corrected chi connectivity index (χ2v) is 8.44. The molecule has 1 aliphatic heterocycles. The van der Waals surface area contributed by atoms with E-state index in [9.17, 15) is 0 Å². The van der Waals surface area contributed by atoms with Crippen LogP contribution in [0.5, 0.6) is 0 Å². The number of fused-ring (bicyclic) bond motifs is 8. The van der Waals surface area contributed by atoms with E-state index in [0.29, 0.717) is 5.92 Å². The highest BCUT2D eigenvalue weighted by molar-refractivity contribution is 6.32. The minimum Gasteiger partial charge on any atom is -0.312 e. The highest BCUT2D eigenvalue weighted by Crippen LogP contribution is 2.52. The number of hydrogen-bond donors (Lipinski definition) is 0. The normalized spacial score (nSPS) is 17.2.